The van der Waals surface area contributed by atoms with Gasteiger partial charge in [-0.2, -0.15) is 0 Å². The summed E-state index contributed by atoms with van der Waals surface area (Å²) in [7, 11) is 0. The molecule has 34 heavy (non-hydrogen) atoms. The largest absolute Gasteiger partial charge is 0.378 e. The lowest BCUT2D eigenvalue weighted by Gasteiger charge is -2.43. The molecular formula is C24H22ClN5O3S. The molecule has 0 bridgehead atoms. The number of nitrogens with zero attached hydrogens (tertiary/aromatic N) is 4. The fourth-order valence-corrected chi connectivity index (χ4v) is 5.98. The number of benzene rings is 1. The highest BCUT2D eigenvalue weighted by molar-refractivity contribution is 7.22. The zero-order valence-corrected chi connectivity index (χ0v) is 19.8. The third kappa shape index (κ3) is 3.65. The number of piperazine rings is 1. The Hall–Kier alpha value is -2.98. The molecule has 0 saturated carbocycles. The lowest BCUT2D eigenvalue weighted by molar-refractivity contribution is -0.0660. The molecule has 0 unspecified atom stereocenters. The zero-order valence-electron chi connectivity index (χ0n) is 18.2. The van der Waals surface area contributed by atoms with Crippen molar-refractivity contribution < 1.29 is 4.74 Å². The standard InChI is InChI=1S/C24H22ClN5O3S/c25-17-4-2-1-3-16(17)21-11-18-22(34-21)23(31)30(24(32)27-18)20-12-26-6-5-19(20)29-9-7-28(8-10-29)15-13-33-14-15/h1-6,11-12,15H,7-10,13-14H2,(H,27,32). The fourth-order valence-electron chi connectivity index (χ4n) is 4.60. The predicted molar refractivity (Wildman–Crippen MR) is 135 cm³/mol. The number of H-pyrrole nitrogens is 1. The summed E-state index contributed by atoms with van der Waals surface area (Å²) in [6.45, 7) is 5.01. The Balaban J connectivity index is 1.40. The second-order valence-corrected chi connectivity index (χ2v) is 9.94. The number of pyridine rings is 1. The second kappa shape index (κ2) is 8.66. The van der Waals surface area contributed by atoms with Crippen molar-refractivity contribution in [3.05, 3.63) is 74.7 Å². The highest BCUT2D eigenvalue weighted by Gasteiger charge is 2.30. The van der Waals surface area contributed by atoms with Gasteiger partial charge in [-0.3, -0.25) is 14.7 Å². The molecule has 2 fully saturated rings. The molecule has 174 valence electrons. The van der Waals surface area contributed by atoms with E-state index in [0.29, 0.717) is 27.0 Å². The van der Waals surface area contributed by atoms with Crippen LogP contribution in [0.3, 0.4) is 0 Å². The van der Waals surface area contributed by atoms with Crippen molar-refractivity contribution in [1.29, 1.82) is 0 Å². The van der Waals surface area contributed by atoms with E-state index in [4.69, 9.17) is 16.3 Å². The minimum Gasteiger partial charge on any atom is -0.378 e. The van der Waals surface area contributed by atoms with E-state index in [1.807, 2.05) is 36.4 Å². The van der Waals surface area contributed by atoms with Crippen molar-refractivity contribution in [2.45, 2.75) is 6.04 Å². The topological polar surface area (TPSA) is 83.5 Å². The van der Waals surface area contributed by atoms with Gasteiger partial charge in [-0.25, -0.2) is 9.36 Å². The quantitative estimate of drug-likeness (QED) is 0.468. The van der Waals surface area contributed by atoms with Gasteiger partial charge in [0.1, 0.15) is 4.70 Å². The van der Waals surface area contributed by atoms with E-state index < -0.39 is 5.69 Å². The van der Waals surface area contributed by atoms with Crippen molar-refractivity contribution in [3.63, 3.8) is 0 Å². The summed E-state index contributed by atoms with van der Waals surface area (Å²) in [5, 5.41) is 0.596. The summed E-state index contributed by atoms with van der Waals surface area (Å²) in [6.07, 6.45) is 3.29. The molecule has 2 aliphatic rings. The molecule has 0 radical (unpaired) electrons. The van der Waals surface area contributed by atoms with Crippen LogP contribution in [0.4, 0.5) is 5.69 Å². The average molecular weight is 496 g/mol. The van der Waals surface area contributed by atoms with Gasteiger partial charge in [0.05, 0.1) is 42.3 Å². The van der Waals surface area contributed by atoms with Crippen molar-refractivity contribution in [1.82, 2.24) is 19.4 Å². The molecule has 0 amide bonds. The van der Waals surface area contributed by atoms with Crippen LogP contribution in [0.15, 0.2) is 58.4 Å². The zero-order chi connectivity index (χ0) is 23.2. The number of ether oxygens (including phenoxy) is 1. The Morgan fingerprint density at radius 1 is 1.06 bits per heavy atom. The predicted octanol–water partition coefficient (Wildman–Crippen LogP) is 2.98. The number of nitrogens with one attached hydrogen (secondary N) is 1. The molecule has 0 spiro atoms. The minimum atomic E-state index is -0.486. The molecule has 1 N–H and O–H groups in total. The molecule has 2 aliphatic heterocycles. The smallest absolute Gasteiger partial charge is 0.333 e. The molecule has 6 rings (SSSR count). The molecule has 8 nitrogen and oxygen atoms in total. The van der Waals surface area contributed by atoms with Crippen LogP contribution in [0.25, 0.3) is 26.3 Å². The van der Waals surface area contributed by atoms with Gasteiger partial charge in [-0.05, 0) is 18.2 Å². The van der Waals surface area contributed by atoms with Gasteiger partial charge in [0, 0.05) is 47.8 Å². The summed E-state index contributed by atoms with van der Waals surface area (Å²) < 4.78 is 7.00. The van der Waals surface area contributed by atoms with Crippen LogP contribution in [0, 0.1) is 0 Å². The van der Waals surface area contributed by atoms with Gasteiger partial charge in [-0.15, -0.1) is 11.3 Å². The van der Waals surface area contributed by atoms with E-state index in [0.717, 1.165) is 55.5 Å². The summed E-state index contributed by atoms with van der Waals surface area (Å²) in [4.78, 5) is 39.3. The Morgan fingerprint density at radius 3 is 2.59 bits per heavy atom. The third-order valence-corrected chi connectivity index (χ3v) is 8.01. The third-order valence-electron chi connectivity index (χ3n) is 6.52. The van der Waals surface area contributed by atoms with Crippen molar-refractivity contribution in [2.75, 3.05) is 44.3 Å². The average Bonchev–Trinajstić information content (AvgIpc) is 3.23. The van der Waals surface area contributed by atoms with Crippen LogP contribution < -0.4 is 16.1 Å². The van der Waals surface area contributed by atoms with E-state index in [1.165, 1.54) is 15.9 Å². The van der Waals surface area contributed by atoms with Crippen LogP contribution in [0.5, 0.6) is 0 Å². The molecular weight excluding hydrogens is 474 g/mol. The number of aromatic nitrogens is 3. The number of rotatable bonds is 4. The lowest BCUT2D eigenvalue weighted by atomic mass is 10.1. The highest BCUT2D eigenvalue weighted by atomic mass is 35.5. The number of hydrogen-bond acceptors (Lipinski definition) is 7. The first kappa shape index (κ1) is 21.5. The molecule has 0 aliphatic carbocycles. The second-order valence-electron chi connectivity index (χ2n) is 8.48. The highest BCUT2D eigenvalue weighted by Crippen LogP contribution is 2.35. The molecule has 0 atom stereocenters. The Morgan fingerprint density at radius 2 is 1.85 bits per heavy atom. The van der Waals surface area contributed by atoms with Gasteiger partial charge >= 0.3 is 5.69 Å². The van der Waals surface area contributed by atoms with E-state index in [-0.39, 0.29) is 5.56 Å². The first-order chi connectivity index (χ1) is 16.6. The van der Waals surface area contributed by atoms with Crippen LogP contribution in [0.2, 0.25) is 5.02 Å². The Bertz CT molecular complexity index is 1480. The summed E-state index contributed by atoms with van der Waals surface area (Å²) in [5.41, 5.74) is 1.81. The molecule has 1 aromatic carbocycles. The van der Waals surface area contributed by atoms with Crippen molar-refractivity contribution >= 4 is 38.8 Å². The summed E-state index contributed by atoms with van der Waals surface area (Å²) >= 11 is 7.68. The van der Waals surface area contributed by atoms with Gasteiger partial charge in [0.15, 0.2) is 0 Å². The summed E-state index contributed by atoms with van der Waals surface area (Å²) in [6, 6.07) is 11.6. The van der Waals surface area contributed by atoms with E-state index in [1.54, 1.807) is 12.4 Å². The normalized spacial score (nSPS) is 17.3. The van der Waals surface area contributed by atoms with Crippen molar-refractivity contribution in [2.24, 2.45) is 0 Å². The van der Waals surface area contributed by atoms with Crippen LogP contribution in [-0.4, -0.2) is 64.9 Å². The maximum absolute atomic E-state index is 13.6. The van der Waals surface area contributed by atoms with Gasteiger partial charge in [0.2, 0.25) is 0 Å². The number of fused-ring (bicyclic) bond motifs is 1. The molecule has 5 heterocycles. The molecule has 2 saturated heterocycles. The maximum Gasteiger partial charge on any atom is 0.333 e. The number of hydrogen-bond donors (Lipinski definition) is 1. The number of aromatic amines is 1. The SMILES string of the molecule is O=c1[nH]c2cc(-c3ccccc3Cl)sc2c(=O)n1-c1cnccc1N1CCN(C2COC2)CC1. The Kier molecular flexibility index (Phi) is 5.49. The Labute approximate surface area is 204 Å². The van der Waals surface area contributed by atoms with Gasteiger partial charge in [-0.1, -0.05) is 29.8 Å². The van der Waals surface area contributed by atoms with Gasteiger partial charge in [0.25, 0.3) is 5.56 Å². The first-order valence-electron chi connectivity index (χ1n) is 11.1. The van der Waals surface area contributed by atoms with Crippen LogP contribution in [0.1, 0.15) is 0 Å². The first-order valence-corrected chi connectivity index (χ1v) is 12.3. The van der Waals surface area contributed by atoms with E-state index >= 15 is 0 Å². The molecule has 10 heteroatoms. The molecule has 3 aromatic heterocycles. The van der Waals surface area contributed by atoms with E-state index in [2.05, 4.69) is 19.8 Å². The number of thiophene rings is 1. The van der Waals surface area contributed by atoms with Crippen molar-refractivity contribution in [3.8, 4) is 16.1 Å². The van der Waals surface area contributed by atoms with E-state index in [9.17, 15) is 9.59 Å². The lowest BCUT2D eigenvalue weighted by Crippen LogP contribution is -2.56. The number of halogens is 1. The van der Waals surface area contributed by atoms with Crippen LogP contribution in [-0.2, 0) is 4.74 Å². The minimum absolute atomic E-state index is 0.360. The van der Waals surface area contributed by atoms with Crippen LogP contribution >= 0.6 is 22.9 Å². The number of anilines is 1. The summed E-state index contributed by atoms with van der Waals surface area (Å²) in [5.74, 6) is 0. The maximum atomic E-state index is 13.6. The van der Waals surface area contributed by atoms with Gasteiger partial charge < -0.3 is 14.6 Å². The fraction of sp³-hybridized carbons (Fsp3) is 0.292. The monoisotopic (exact) mass is 495 g/mol. The molecule has 4 aromatic rings.